The highest BCUT2D eigenvalue weighted by atomic mass is 16.6. The van der Waals surface area contributed by atoms with Crippen molar-refractivity contribution in [3.8, 4) is 0 Å². The maximum atomic E-state index is 12.5. The van der Waals surface area contributed by atoms with Crippen molar-refractivity contribution in [2.24, 2.45) is 5.11 Å². The van der Waals surface area contributed by atoms with E-state index in [4.69, 9.17) is 10.3 Å². The predicted octanol–water partition coefficient (Wildman–Crippen LogP) is 4.44. The minimum absolute atomic E-state index is 0.270. The molecule has 6 nitrogen and oxygen atoms in total. The standard InChI is InChI=1S/C16H22N4O2/c1-16(2,3)22-15(21)20-11-7-10-13(18-19-17)14(20)12-8-5-4-6-9-12/h4-6,8-9,13-14H,7,10-11H2,1-3H3/t13-,14-/m0/s1. The largest absolute Gasteiger partial charge is 0.444 e. The highest BCUT2D eigenvalue weighted by Crippen LogP contribution is 2.34. The molecular weight excluding hydrogens is 280 g/mol. The van der Waals surface area contributed by atoms with Gasteiger partial charge in [0, 0.05) is 11.5 Å². The molecule has 1 amide bonds. The third kappa shape index (κ3) is 3.92. The zero-order chi connectivity index (χ0) is 16.2. The highest BCUT2D eigenvalue weighted by molar-refractivity contribution is 5.69. The van der Waals surface area contributed by atoms with Crippen LogP contribution in [0.3, 0.4) is 0 Å². The fraction of sp³-hybridized carbons (Fsp3) is 0.562. The second-order valence-electron chi connectivity index (χ2n) is 6.44. The average molecular weight is 302 g/mol. The number of ether oxygens (including phenoxy) is 1. The molecule has 1 aromatic carbocycles. The van der Waals surface area contributed by atoms with E-state index in [9.17, 15) is 4.79 Å². The number of piperidine rings is 1. The number of carbonyl (C=O) groups excluding carboxylic acids is 1. The Hall–Kier alpha value is -2.20. The second kappa shape index (κ2) is 6.71. The van der Waals surface area contributed by atoms with Crippen LogP contribution in [0.2, 0.25) is 0 Å². The lowest BCUT2D eigenvalue weighted by atomic mass is 9.91. The van der Waals surface area contributed by atoms with Gasteiger partial charge in [-0.1, -0.05) is 35.4 Å². The molecule has 0 bridgehead atoms. The molecule has 0 aromatic heterocycles. The zero-order valence-corrected chi connectivity index (χ0v) is 13.3. The number of amides is 1. The quantitative estimate of drug-likeness (QED) is 0.460. The Labute approximate surface area is 130 Å². The monoisotopic (exact) mass is 302 g/mol. The molecule has 0 radical (unpaired) electrons. The molecule has 0 saturated carbocycles. The Bertz CT molecular complexity index is 561. The first-order valence-corrected chi connectivity index (χ1v) is 7.51. The van der Waals surface area contributed by atoms with Gasteiger partial charge in [0.15, 0.2) is 0 Å². The van der Waals surface area contributed by atoms with Crippen LogP contribution in [0, 0.1) is 0 Å². The first-order valence-electron chi connectivity index (χ1n) is 7.51. The maximum Gasteiger partial charge on any atom is 0.410 e. The summed E-state index contributed by atoms with van der Waals surface area (Å²) in [6.07, 6.45) is 1.20. The van der Waals surface area contributed by atoms with Crippen LogP contribution < -0.4 is 0 Å². The molecule has 0 spiro atoms. The lowest BCUT2D eigenvalue weighted by Gasteiger charge is -2.40. The van der Waals surface area contributed by atoms with Gasteiger partial charge in [-0.05, 0) is 44.7 Å². The van der Waals surface area contributed by atoms with Gasteiger partial charge in [0.25, 0.3) is 0 Å². The Morgan fingerprint density at radius 1 is 1.36 bits per heavy atom. The van der Waals surface area contributed by atoms with E-state index < -0.39 is 5.60 Å². The van der Waals surface area contributed by atoms with Crippen LogP contribution in [-0.2, 0) is 4.74 Å². The minimum Gasteiger partial charge on any atom is -0.444 e. The van der Waals surface area contributed by atoms with Gasteiger partial charge in [0.2, 0.25) is 0 Å². The molecule has 6 heteroatoms. The van der Waals surface area contributed by atoms with Crippen LogP contribution in [0.4, 0.5) is 4.79 Å². The summed E-state index contributed by atoms with van der Waals surface area (Å²) in [6.45, 7) is 6.14. The molecule has 0 N–H and O–H groups in total. The fourth-order valence-corrected chi connectivity index (χ4v) is 2.74. The summed E-state index contributed by atoms with van der Waals surface area (Å²) in [7, 11) is 0. The summed E-state index contributed by atoms with van der Waals surface area (Å²) >= 11 is 0. The van der Waals surface area contributed by atoms with E-state index in [1.165, 1.54) is 0 Å². The van der Waals surface area contributed by atoms with Gasteiger partial charge in [0.05, 0.1) is 12.1 Å². The Kier molecular flexibility index (Phi) is 4.93. The van der Waals surface area contributed by atoms with E-state index in [2.05, 4.69) is 10.0 Å². The van der Waals surface area contributed by atoms with Crippen LogP contribution in [0.5, 0.6) is 0 Å². The molecule has 22 heavy (non-hydrogen) atoms. The number of hydrogen-bond acceptors (Lipinski definition) is 3. The smallest absolute Gasteiger partial charge is 0.410 e. The van der Waals surface area contributed by atoms with Gasteiger partial charge in [-0.25, -0.2) is 4.79 Å². The van der Waals surface area contributed by atoms with Gasteiger partial charge in [-0.2, -0.15) is 0 Å². The summed E-state index contributed by atoms with van der Waals surface area (Å²) in [5, 5.41) is 3.90. The van der Waals surface area contributed by atoms with Crippen molar-refractivity contribution in [3.05, 3.63) is 46.3 Å². The lowest BCUT2D eigenvalue weighted by molar-refractivity contribution is 0.00651. The number of nitrogens with zero attached hydrogens (tertiary/aromatic N) is 4. The summed E-state index contributed by atoms with van der Waals surface area (Å²) in [6, 6.07) is 9.12. The summed E-state index contributed by atoms with van der Waals surface area (Å²) < 4.78 is 5.51. The number of hydrogen-bond donors (Lipinski definition) is 0. The van der Waals surface area contributed by atoms with Crippen molar-refractivity contribution in [1.82, 2.24) is 4.90 Å². The molecule has 118 valence electrons. The van der Waals surface area contributed by atoms with Crippen molar-refractivity contribution in [2.75, 3.05) is 6.54 Å². The third-order valence-corrected chi connectivity index (χ3v) is 3.57. The van der Waals surface area contributed by atoms with Gasteiger partial charge >= 0.3 is 6.09 Å². The van der Waals surface area contributed by atoms with Crippen LogP contribution in [0.15, 0.2) is 35.4 Å². The third-order valence-electron chi connectivity index (χ3n) is 3.57. The van der Waals surface area contributed by atoms with Crippen molar-refractivity contribution in [2.45, 2.75) is 51.3 Å². The van der Waals surface area contributed by atoms with Crippen LogP contribution in [0.25, 0.3) is 10.4 Å². The van der Waals surface area contributed by atoms with E-state index in [0.717, 1.165) is 18.4 Å². The summed E-state index contributed by atoms with van der Waals surface area (Å²) in [5.74, 6) is 0. The van der Waals surface area contributed by atoms with E-state index in [1.807, 2.05) is 51.1 Å². The first-order chi connectivity index (χ1) is 10.4. The van der Waals surface area contributed by atoms with Gasteiger partial charge in [-0.3, -0.25) is 0 Å². The van der Waals surface area contributed by atoms with Crippen LogP contribution in [0.1, 0.15) is 45.2 Å². The van der Waals surface area contributed by atoms with Crippen LogP contribution >= 0.6 is 0 Å². The normalized spacial score (nSPS) is 21.9. The average Bonchev–Trinajstić information content (AvgIpc) is 2.46. The summed E-state index contributed by atoms with van der Waals surface area (Å²) in [5.41, 5.74) is 9.23. The maximum absolute atomic E-state index is 12.5. The topological polar surface area (TPSA) is 78.3 Å². The fourth-order valence-electron chi connectivity index (χ4n) is 2.74. The Morgan fingerprint density at radius 3 is 2.64 bits per heavy atom. The number of likely N-dealkylation sites (tertiary alicyclic amines) is 1. The number of rotatable bonds is 2. The molecule has 1 aliphatic heterocycles. The molecule has 2 atom stereocenters. The van der Waals surface area contributed by atoms with E-state index in [-0.39, 0.29) is 18.2 Å². The van der Waals surface area contributed by atoms with Gasteiger partial charge in [-0.15, -0.1) is 0 Å². The predicted molar refractivity (Wildman–Crippen MR) is 84.3 cm³/mol. The first kappa shape index (κ1) is 16.2. The summed E-state index contributed by atoms with van der Waals surface area (Å²) in [4.78, 5) is 17.1. The molecule has 1 fully saturated rings. The molecule has 0 aliphatic carbocycles. The number of carbonyl (C=O) groups is 1. The van der Waals surface area contributed by atoms with E-state index in [1.54, 1.807) is 4.90 Å². The highest BCUT2D eigenvalue weighted by Gasteiger charge is 2.37. The SMILES string of the molecule is CC(C)(C)OC(=O)N1CCC[C@H](N=[N+]=[N-])[C@@H]1c1ccccc1. The molecule has 1 saturated heterocycles. The number of benzene rings is 1. The van der Waals surface area contributed by atoms with Crippen molar-refractivity contribution in [3.63, 3.8) is 0 Å². The Balaban J connectivity index is 2.33. The van der Waals surface area contributed by atoms with Crippen molar-refractivity contribution in [1.29, 1.82) is 0 Å². The van der Waals surface area contributed by atoms with E-state index >= 15 is 0 Å². The Morgan fingerprint density at radius 2 is 2.05 bits per heavy atom. The van der Waals surface area contributed by atoms with Gasteiger partial charge in [0.1, 0.15) is 5.60 Å². The molecular formula is C16H22N4O2. The van der Waals surface area contributed by atoms with Gasteiger partial charge < -0.3 is 9.64 Å². The molecule has 0 unspecified atom stereocenters. The van der Waals surface area contributed by atoms with E-state index in [0.29, 0.717) is 6.54 Å². The number of azide groups is 1. The molecule has 2 rings (SSSR count). The molecule has 1 heterocycles. The molecule has 1 aliphatic rings. The van der Waals surface area contributed by atoms with Crippen molar-refractivity contribution < 1.29 is 9.53 Å². The second-order valence-corrected chi connectivity index (χ2v) is 6.44. The minimum atomic E-state index is -0.552. The molecule has 1 aromatic rings. The lowest BCUT2D eigenvalue weighted by Crippen LogP contribution is -2.46. The van der Waals surface area contributed by atoms with Crippen molar-refractivity contribution >= 4 is 6.09 Å². The van der Waals surface area contributed by atoms with Crippen LogP contribution in [-0.4, -0.2) is 29.2 Å². The zero-order valence-electron chi connectivity index (χ0n) is 13.3.